The van der Waals surface area contributed by atoms with Crippen LogP contribution in [-0.4, -0.2) is 41.9 Å². The van der Waals surface area contributed by atoms with Crippen molar-refractivity contribution in [2.24, 2.45) is 10.8 Å². The summed E-state index contributed by atoms with van der Waals surface area (Å²) in [5.74, 6) is 1.21. The molecule has 0 spiro atoms. The summed E-state index contributed by atoms with van der Waals surface area (Å²) in [4.78, 5) is 28.0. The number of rotatable bonds is 6. The van der Waals surface area contributed by atoms with Gasteiger partial charge >= 0.3 is 0 Å². The number of amides is 2. The molecule has 2 heterocycles. The number of carbonyl (C=O) groups excluding carboxylic acids is 2. The SMILES string of the molecule is COc1ccc(C[C@@]2(CCC(=O)N3C[C@@]4(C)C[C@H]3CC(C)(C)C4)CCC(=O)N2)c2ccccc12. The second-order valence-electron chi connectivity index (χ2n) is 12.2. The van der Waals surface area contributed by atoms with E-state index in [2.05, 4.69) is 49.2 Å². The molecule has 5 heteroatoms. The van der Waals surface area contributed by atoms with E-state index in [1.54, 1.807) is 7.11 Å². The molecule has 5 nitrogen and oxygen atoms in total. The number of fused-ring (bicyclic) bond motifs is 3. The maximum atomic E-state index is 13.5. The number of methoxy groups -OCH3 is 1. The summed E-state index contributed by atoms with van der Waals surface area (Å²) >= 11 is 0. The molecule has 0 unspecified atom stereocenters. The highest BCUT2D eigenvalue weighted by Crippen LogP contribution is 2.52. The van der Waals surface area contributed by atoms with Gasteiger partial charge < -0.3 is 15.0 Å². The number of likely N-dealkylation sites (tertiary alicyclic amines) is 1. The molecule has 3 fully saturated rings. The summed E-state index contributed by atoms with van der Waals surface area (Å²) in [5, 5.41) is 5.51. The maximum absolute atomic E-state index is 13.5. The number of hydrogen-bond acceptors (Lipinski definition) is 3. The summed E-state index contributed by atoms with van der Waals surface area (Å²) in [6.45, 7) is 7.91. The minimum Gasteiger partial charge on any atom is -0.496 e. The monoisotopic (exact) mass is 462 g/mol. The molecule has 2 aromatic carbocycles. The molecular weight excluding hydrogens is 424 g/mol. The molecule has 2 aliphatic heterocycles. The van der Waals surface area contributed by atoms with E-state index in [9.17, 15) is 9.59 Å². The molecule has 1 N–H and O–H groups in total. The summed E-state index contributed by atoms with van der Waals surface area (Å²) in [7, 11) is 1.69. The molecule has 2 amide bonds. The Morgan fingerprint density at radius 2 is 1.88 bits per heavy atom. The van der Waals surface area contributed by atoms with Gasteiger partial charge in [-0.1, -0.05) is 51.1 Å². The van der Waals surface area contributed by atoms with Crippen molar-refractivity contribution in [2.45, 2.75) is 83.7 Å². The Morgan fingerprint density at radius 1 is 1.12 bits per heavy atom. The van der Waals surface area contributed by atoms with Gasteiger partial charge in [0.15, 0.2) is 0 Å². The predicted molar refractivity (Wildman–Crippen MR) is 135 cm³/mol. The minimum absolute atomic E-state index is 0.0940. The number of ether oxygens (including phenoxy) is 1. The molecular formula is C29H38N2O3. The van der Waals surface area contributed by atoms with Crippen molar-refractivity contribution >= 4 is 22.6 Å². The van der Waals surface area contributed by atoms with Crippen molar-refractivity contribution in [3.63, 3.8) is 0 Å². The Labute approximate surface area is 203 Å². The lowest BCUT2D eigenvalue weighted by Gasteiger charge is -2.39. The fraction of sp³-hybridized carbons (Fsp3) is 0.586. The average Bonchev–Trinajstić information content (AvgIpc) is 3.27. The first-order valence-electron chi connectivity index (χ1n) is 12.8. The molecule has 3 atom stereocenters. The summed E-state index contributed by atoms with van der Waals surface area (Å²) < 4.78 is 5.57. The van der Waals surface area contributed by atoms with Gasteiger partial charge in [-0.15, -0.1) is 0 Å². The van der Waals surface area contributed by atoms with Crippen molar-refractivity contribution in [2.75, 3.05) is 13.7 Å². The lowest BCUT2D eigenvalue weighted by atomic mass is 9.65. The van der Waals surface area contributed by atoms with Crippen LogP contribution in [0.5, 0.6) is 5.75 Å². The molecule has 182 valence electrons. The largest absolute Gasteiger partial charge is 0.496 e. The van der Waals surface area contributed by atoms with Crippen LogP contribution in [0.25, 0.3) is 10.8 Å². The standard InChI is InChI=1S/C29H38N2O3/c1-27(2)16-21-17-28(3,18-27)19-31(21)26(33)12-14-29(13-11-25(32)30-29)15-20-9-10-24(34-4)23-8-6-5-7-22(20)23/h5-10,21H,11-19H2,1-4H3,(H,30,32)/t21-,28+,29+/m1/s1. The van der Waals surface area contributed by atoms with Crippen molar-refractivity contribution in [1.82, 2.24) is 10.2 Å². The van der Waals surface area contributed by atoms with Gasteiger partial charge in [-0.2, -0.15) is 0 Å². The van der Waals surface area contributed by atoms with Crippen LogP contribution in [0.15, 0.2) is 36.4 Å². The second kappa shape index (κ2) is 8.28. The van der Waals surface area contributed by atoms with Gasteiger partial charge in [0, 0.05) is 36.4 Å². The van der Waals surface area contributed by atoms with Crippen LogP contribution in [0.4, 0.5) is 0 Å². The second-order valence-corrected chi connectivity index (χ2v) is 12.2. The highest BCUT2D eigenvalue weighted by atomic mass is 16.5. The lowest BCUT2D eigenvalue weighted by Crippen LogP contribution is -2.45. The van der Waals surface area contributed by atoms with E-state index in [-0.39, 0.29) is 22.8 Å². The third-order valence-corrected chi connectivity index (χ3v) is 8.51. The van der Waals surface area contributed by atoms with Gasteiger partial charge in [0.25, 0.3) is 0 Å². The van der Waals surface area contributed by atoms with E-state index in [0.29, 0.717) is 30.7 Å². The van der Waals surface area contributed by atoms with E-state index in [0.717, 1.165) is 48.8 Å². The molecule has 3 aliphatic rings. The molecule has 1 aliphatic carbocycles. The molecule has 2 aromatic rings. The summed E-state index contributed by atoms with van der Waals surface area (Å²) in [6.07, 6.45) is 6.60. The van der Waals surface area contributed by atoms with E-state index in [4.69, 9.17) is 4.74 Å². The predicted octanol–water partition coefficient (Wildman–Crippen LogP) is 5.25. The van der Waals surface area contributed by atoms with Crippen molar-refractivity contribution in [3.05, 3.63) is 42.0 Å². The fourth-order valence-corrected chi connectivity index (χ4v) is 7.45. The fourth-order valence-electron chi connectivity index (χ4n) is 7.45. The topological polar surface area (TPSA) is 58.6 Å². The molecule has 1 saturated carbocycles. The minimum atomic E-state index is -0.373. The van der Waals surface area contributed by atoms with Crippen LogP contribution in [0.2, 0.25) is 0 Å². The van der Waals surface area contributed by atoms with E-state index in [1.807, 2.05) is 18.2 Å². The zero-order valence-corrected chi connectivity index (χ0v) is 21.1. The van der Waals surface area contributed by atoms with Crippen molar-refractivity contribution < 1.29 is 14.3 Å². The van der Waals surface area contributed by atoms with Gasteiger partial charge in [0.1, 0.15) is 5.75 Å². The van der Waals surface area contributed by atoms with Crippen LogP contribution in [0, 0.1) is 10.8 Å². The number of benzene rings is 2. The van der Waals surface area contributed by atoms with Crippen molar-refractivity contribution in [3.8, 4) is 5.75 Å². The first-order valence-corrected chi connectivity index (χ1v) is 12.8. The van der Waals surface area contributed by atoms with Gasteiger partial charge in [0.05, 0.1) is 7.11 Å². The zero-order valence-electron chi connectivity index (χ0n) is 21.1. The molecule has 0 radical (unpaired) electrons. The van der Waals surface area contributed by atoms with Gasteiger partial charge in [-0.05, 0) is 66.4 Å². The Kier molecular flexibility index (Phi) is 5.65. The molecule has 5 rings (SSSR count). The van der Waals surface area contributed by atoms with E-state index in [1.165, 1.54) is 12.0 Å². The Morgan fingerprint density at radius 3 is 2.59 bits per heavy atom. The molecule has 34 heavy (non-hydrogen) atoms. The third-order valence-electron chi connectivity index (χ3n) is 8.51. The highest BCUT2D eigenvalue weighted by molar-refractivity contribution is 5.91. The van der Waals surface area contributed by atoms with Crippen LogP contribution < -0.4 is 10.1 Å². The van der Waals surface area contributed by atoms with E-state index >= 15 is 0 Å². The Balaban J connectivity index is 1.35. The number of hydrogen-bond donors (Lipinski definition) is 1. The molecule has 2 bridgehead atoms. The normalized spacial score (nSPS) is 29.9. The number of nitrogens with one attached hydrogen (secondary N) is 1. The first kappa shape index (κ1) is 23.2. The summed E-state index contributed by atoms with van der Waals surface area (Å²) in [6, 6.07) is 12.8. The third kappa shape index (κ3) is 4.30. The zero-order chi connectivity index (χ0) is 24.1. The van der Waals surface area contributed by atoms with Gasteiger partial charge in [-0.3, -0.25) is 9.59 Å². The van der Waals surface area contributed by atoms with Gasteiger partial charge in [0.2, 0.25) is 11.8 Å². The lowest BCUT2D eigenvalue weighted by molar-refractivity contribution is -0.133. The van der Waals surface area contributed by atoms with Crippen molar-refractivity contribution in [1.29, 1.82) is 0 Å². The average molecular weight is 463 g/mol. The number of nitrogens with zero attached hydrogens (tertiary/aromatic N) is 1. The highest BCUT2D eigenvalue weighted by Gasteiger charge is 2.51. The first-order chi connectivity index (χ1) is 16.1. The summed E-state index contributed by atoms with van der Waals surface area (Å²) in [5.41, 5.74) is 1.35. The number of carbonyl (C=O) groups is 2. The Hall–Kier alpha value is -2.56. The quantitative estimate of drug-likeness (QED) is 0.638. The molecule has 0 aromatic heterocycles. The molecule has 2 saturated heterocycles. The smallest absolute Gasteiger partial charge is 0.222 e. The maximum Gasteiger partial charge on any atom is 0.222 e. The van der Waals surface area contributed by atoms with Crippen LogP contribution in [-0.2, 0) is 16.0 Å². The van der Waals surface area contributed by atoms with Crippen LogP contribution >= 0.6 is 0 Å². The van der Waals surface area contributed by atoms with Crippen LogP contribution in [0.3, 0.4) is 0 Å². The van der Waals surface area contributed by atoms with Gasteiger partial charge in [-0.25, -0.2) is 0 Å². The Bertz CT molecular complexity index is 1130. The van der Waals surface area contributed by atoms with E-state index < -0.39 is 0 Å². The van der Waals surface area contributed by atoms with Crippen LogP contribution in [0.1, 0.15) is 71.3 Å².